The predicted octanol–water partition coefficient (Wildman–Crippen LogP) is 2.27. The van der Waals surface area contributed by atoms with Gasteiger partial charge in [-0.3, -0.25) is 4.79 Å². The minimum atomic E-state index is -0.536. The number of thioether (sulfide) groups is 1. The Morgan fingerprint density at radius 1 is 1.23 bits per heavy atom. The number of hydrazone groups is 1. The zero-order chi connectivity index (χ0) is 20.9. The molecule has 0 unspecified atom stereocenters. The first-order chi connectivity index (χ1) is 14.6. The summed E-state index contributed by atoms with van der Waals surface area (Å²) in [5.41, 5.74) is 9.32. The van der Waals surface area contributed by atoms with Gasteiger partial charge in [-0.25, -0.2) is 10.1 Å². The maximum absolute atomic E-state index is 12.8. The summed E-state index contributed by atoms with van der Waals surface area (Å²) >= 11 is 1.50. The second-order valence-electron chi connectivity index (χ2n) is 5.99. The van der Waals surface area contributed by atoms with Crippen LogP contribution in [-0.4, -0.2) is 36.9 Å². The maximum Gasteiger partial charge on any atom is 0.293 e. The summed E-state index contributed by atoms with van der Waals surface area (Å²) in [4.78, 5) is 13.8. The van der Waals surface area contributed by atoms with Crippen molar-refractivity contribution < 1.29 is 13.8 Å². The monoisotopic (exact) mass is 424 g/mol. The molecule has 152 valence electrons. The predicted molar refractivity (Wildman–Crippen MR) is 108 cm³/mol. The molecule has 1 amide bonds. The number of rotatable bonds is 7. The fourth-order valence-electron chi connectivity index (χ4n) is 2.51. The Balaban J connectivity index is 1.61. The Morgan fingerprint density at radius 3 is 2.77 bits per heavy atom. The lowest BCUT2D eigenvalue weighted by atomic mass is 10.3. The Hall–Kier alpha value is -3.93. The second-order valence-corrected chi connectivity index (χ2v) is 7.04. The van der Waals surface area contributed by atoms with Gasteiger partial charge in [0.2, 0.25) is 11.6 Å². The van der Waals surface area contributed by atoms with Gasteiger partial charge in [-0.15, -0.1) is 16.9 Å². The number of hydrogen-bond donors (Lipinski definition) is 2. The average molecular weight is 424 g/mol. The summed E-state index contributed by atoms with van der Waals surface area (Å²) in [6.45, 7) is 1.71. The third-order valence-corrected chi connectivity index (χ3v) is 5.02. The van der Waals surface area contributed by atoms with Crippen LogP contribution in [-0.2, 0) is 5.75 Å². The third-order valence-electron chi connectivity index (χ3n) is 4.00. The zero-order valence-electron chi connectivity index (χ0n) is 15.7. The van der Waals surface area contributed by atoms with Crippen LogP contribution in [0.15, 0.2) is 67.8 Å². The summed E-state index contributed by atoms with van der Waals surface area (Å²) in [6.07, 6.45) is 1.52. The highest BCUT2D eigenvalue weighted by Crippen LogP contribution is 2.25. The maximum atomic E-state index is 12.8. The Labute approximate surface area is 174 Å². The molecule has 11 nitrogen and oxygen atoms in total. The number of carbonyl (C=O) groups excluding carboxylic acids is 1. The first-order valence-corrected chi connectivity index (χ1v) is 9.71. The summed E-state index contributed by atoms with van der Waals surface area (Å²) in [5.74, 6) is 0.559. The first kappa shape index (κ1) is 19.4. The summed E-state index contributed by atoms with van der Waals surface area (Å²) in [7, 11) is 0. The van der Waals surface area contributed by atoms with Gasteiger partial charge in [0.15, 0.2) is 5.69 Å². The van der Waals surface area contributed by atoms with Gasteiger partial charge in [0.1, 0.15) is 11.5 Å². The number of anilines is 1. The zero-order valence-corrected chi connectivity index (χ0v) is 16.5. The normalized spacial score (nSPS) is 11.6. The highest BCUT2D eigenvalue weighted by atomic mass is 32.2. The average Bonchev–Trinajstić information content (AvgIpc) is 3.51. The molecule has 0 saturated carbocycles. The lowest BCUT2D eigenvalue weighted by molar-refractivity contribution is 0.0949. The number of benzene rings is 1. The Kier molecular flexibility index (Phi) is 5.57. The Morgan fingerprint density at radius 2 is 2.07 bits per heavy atom. The number of amides is 1. The van der Waals surface area contributed by atoms with E-state index in [-0.39, 0.29) is 17.3 Å². The van der Waals surface area contributed by atoms with E-state index in [2.05, 4.69) is 35.8 Å². The molecule has 4 aromatic rings. The molecule has 0 aliphatic carbocycles. The standard InChI is InChI=1S/C18H16N8O3S/c1-11(14-8-5-9-28-14)20-22-18(27)15-13(10-30-12-6-3-2-4-7-12)26(25-21-15)17-16(19)23-29-24-17/h2-9H,10H2,1H3,(H2,19,23)(H,22,27)/b20-11-. The molecule has 4 rings (SSSR count). The quantitative estimate of drug-likeness (QED) is 0.259. The van der Waals surface area contributed by atoms with Crippen LogP contribution >= 0.6 is 11.8 Å². The van der Waals surface area contributed by atoms with Crippen molar-refractivity contribution in [3.8, 4) is 5.82 Å². The van der Waals surface area contributed by atoms with Crippen molar-refractivity contribution in [3.05, 3.63) is 65.9 Å². The van der Waals surface area contributed by atoms with Crippen LogP contribution < -0.4 is 11.2 Å². The van der Waals surface area contributed by atoms with Crippen molar-refractivity contribution in [3.63, 3.8) is 0 Å². The van der Waals surface area contributed by atoms with Crippen molar-refractivity contribution >= 4 is 29.2 Å². The number of carbonyl (C=O) groups is 1. The number of nitrogens with one attached hydrogen (secondary N) is 1. The number of nitrogens with two attached hydrogens (primary N) is 1. The van der Waals surface area contributed by atoms with E-state index >= 15 is 0 Å². The van der Waals surface area contributed by atoms with Gasteiger partial charge in [0.05, 0.1) is 12.0 Å². The van der Waals surface area contributed by atoms with Gasteiger partial charge in [0.25, 0.3) is 5.91 Å². The van der Waals surface area contributed by atoms with E-state index < -0.39 is 5.91 Å². The van der Waals surface area contributed by atoms with Crippen LogP contribution in [0, 0.1) is 0 Å². The van der Waals surface area contributed by atoms with Gasteiger partial charge in [0, 0.05) is 10.6 Å². The third kappa shape index (κ3) is 4.07. The molecule has 0 radical (unpaired) electrons. The first-order valence-electron chi connectivity index (χ1n) is 8.73. The topological polar surface area (TPSA) is 150 Å². The highest BCUT2D eigenvalue weighted by molar-refractivity contribution is 7.98. The van der Waals surface area contributed by atoms with Crippen molar-refractivity contribution in [2.24, 2.45) is 5.10 Å². The van der Waals surface area contributed by atoms with Crippen molar-refractivity contribution in [2.45, 2.75) is 17.6 Å². The van der Waals surface area contributed by atoms with E-state index in [9.17, 15) is 4.79 Å². The van der Waals surface area contributed by atoms with E-state index in [1.54, 1.807) is 19.1 Å². The van der Waals surface area contributed by atoms with Gasteiger partial charge >= 0.3 is 0 Å². The summed E-state index contributed by atoms with van der Waals surface area (Å²) in [5, 5.41) is 19.4. The largest absolute Gasteiger partial charge is 0.463 e. The lowest BCUT2D eigenvalue weighted by Gasteiger charge is -2.06. The van der Waals surface area contributed by atoms with E-state index in [1.807, 2.05) is 30.3 Å². The molecule has 0 aliphatic rings. The molecule has 0 aliphatic heterocycles. The molecular formula is C18H16N8O3S. The van der Waals surface area contributed by atoms with Gasteiger partial charge < -0.3 is 10.2 Å². The smallest absolute Gasteiger partial charge is 0.293 e. The second kappa shape index (κ2) is 8.61. The van der Waals surface area contributed by atoms with E-state index in [1.165, 1.54) is 22.7 Å². The van der Waals surface area contributed by atoms with Gasteiger partial charge in [-0.05, 0) is 41.5 Å². The number of hydrogen-bond acceptors (Lipinski definition) is 10. The lowest BCUT2D eigenvalue weighted by Crippen LogP contribution is -2.21. The molecule has 1 aromatic carbocycles. The number of aromatic nitrogens is 5. The van der Waals surface area contributed by atoms with E-state index in [0.29, 0.717) is 22.9 Å². The van der Waals surface area contributed by atoms with Crippen LogP contribution in [0.3, 0.4) is 0 Å². The van der Waals surface area contributed by atoms with Crippen molar-refractivity contribution in [1.82, 2.24) is 30.7 Å². The van der Waals surface area contributed by atoms with Crippen molar-refractivity contribution in [1.29, 1.82) is 0 Å². The SMILES string of the molecule is C/C(=N/NC(=O)c1nnn(-c2nonc2N)c1CSc1ccccc1)c1ccco1. The van der Waals surface area contributed by atoms with Gasteiger partial charge in [-0.2, -0.15) is 9.78 Å². The molecule has 0 fully saturated rings. The van der Waals surface area contributed by atoms with Crippen molar-refractivity contribution in [2.75, 3.05) is 5.73 Å². The molecule has 0 saturated heterocycles. The molecule has 12 heteroatoms. The minimum absolute atomic E-state index is 0.0319. The minimum Gasteiger partial charge on any atom is -0.463 e. The molecule has 30 heavy (non-hydrogen) atoms. The van der Waals surface area contributed by atoms with Crippen LogP contribution in [0.1, 0.15) is 28.9 Å². The van der Waals surface area contributed by atoms with E-state index in [4.69, 9.17) is 10.2 Å². The molecule has 0 bridgehead atoms. The van der Waals surface area contributed by atoms with Gasteiger partial charge in [-0.1, -0.05) is 23.4 Å². The number of nitrogen functional groups attached to an aromatic ring is 1. The number of furan rings is 1. The summed E-state index contributed by atoms with van der Waals surface area (Å²) in [6, 6.07) is 13.2. The van der Waals surface area contributed by atoms with Crippen LogP contribution in [0.25, 0.3) is 5.82 Å². The molecule has 3 heterocycles. The molecule has 0 atom stereocenters. The molecular weight excluding hydrogens is 408 g/mol. The van der Waals surface area contributed by atoms with Crippen LogP contribution in [0.5, 0.6) is 0 Å². The fourth-order valence-corrected chi connectivity index (χ4v) is 3.42. The molecule has 3 N–H and O–H groups in total. The fraction of sp³-hybridized carbons (Fsp3) is 0.111. The number of nitrogens with zero attached hydrogens (tertiary/aromatic N) is 6. The highest BCUT2D eigenvalue weighted by Gasteiger charge is 2.24. The Bertz CT molecular complexity index is 1170. The van der Waals surface area contributed by atoms with Crippen LogP contribution in [0.4, 0.5) is 5.82 Å². The molecule has 3 aromatic heterocycles. The summed E-state index contributed by atoms with van der Waals surface area (Å²) < 4.78 is 11.2. The van der Waals surface area contributed by atoms with E-state index in [0.717, 1.165) is 4.90 Å². The van der Waals surface area contributed by atoms with Crippen LogP contribution in [0.2, 0.25) is 0 Å². The molecule has 0 spiro atoms.